The fraction of sp³-hybridized carbons (Fsp3) is 0.105. The lowest BCUT2D eigenvalue weighted by molar-refractivity contribution is 0.577. The molecule has 4 rings (SSSR count). The first-order valence-electron chi connectivity index (χ1n) is 8.40. The maximum Gasteiger partial charge on any atom is 0.250 e. The smallest absolute Gasteiger partial charge is 0.250 e. The minimum atomic E-state index is -3.76. The van der Waals surface area contributed by atoms with E-state index in [1.165, 1.54) is 23.7 Å². The van der Waals surface area contributed by atoms with E-state index in [1.54, 1.807) is 43.0 Å². The zero-order valence-corrected chi connectivity index (χ0v) is 15.7. The number of rotatable bonds is 5. The Morgan fingerprint density at radius 2 is 1.79 bits per heavy atom. The van der Waals surface area contributed by atoms with E-state index in [-0.39, 0.29) is 22.3 Å². The highest BCUT2D eigenvalue weighted by Crippen LogP contribution is 2.24. The molecular weight excluding hydrogens is 381 g/mol. The fourth-order valence-electron chi connectivity index (χ4n) is 2.92. The molecular formula is C19H16FN5O2S. The van der Waals surface area contributed by atoms with Gasteiger partial charge in [0.05, 0.1) is 17.6 Å². The quantitative estimate of drug-likeness (QED) is 0.517. The molecule has 0 spiro atoms. The number of nitrogens with zero attached hydrogens (tertiary/aromatic N) is 5. The van der Waals surface area contributed by atoms with Gasteiger partial charge in [0, 0.05) is 25.1 Å². The Balaban J connectivity index is 1.62. The van der Waals surface area contributed by atoms with Crippen molar-refractivity contribution in [2.24, 2.45) is 7.05 Å². The summed E-state index contributed by atoms with van der Waals surface area (Å²) in [5.41, 5.74) is 1.68. The van der Waals surface area contributed by atoms with E-state index >= 15 is 0 Å². The van der Waals surface area contributed by atoms with Crippen LogP contribution in [0.4, 0.5) is 4.39 Å². The summed E-state index contributed by atoms with van der Waals surface area (Å²) >= 11 is 0. The number of imidazole rings is 1. The van der Waals surface area contributed by atoms with Gasteiger partial charge in [-0.05, 0) is 29.8 Å². The van der Waals surface area contributed by atoms with Crippen LogP contribution in [0.5, 0.6) is 0 Å². The monoisotopic (exact) mass is 397 g/mol. The van der Waals surface area contributed by atoms with Gasteiger partial charge >= 0.3 is 0 Å². The van der Waals surface area contributed by atoms with Crippen LogP contribution in [0.2, 0.25) is 0 Å². The van der Waals surface area contributed by atoms with Gasteiger partial charge in [-0.15, -0.1) is 10.2 Å². The summed E-state index contributed by atoms with van der Waals surface area (Å²) in [4.78, 5) is 3.99. The SMILES string of the molecule is Cn1c(-c2ccccc2F)nnc1S(=O)(=O)Cc1ccc(-n2ccnc2)cc1. The van der Waals surface area contributed by atoms with Gasteiger partial charge in [-0.1, -0.05) is 24.3 Å². The van der Waals surface area contributed by atoms with Crippen LogP contribution in [-0.2, 0) is 22.6 Å². The standard InChI is InChI=1S/C19H16FN5O2S/c1-24-18(16-4-2-3-5-17(16)20)22-23-19(24)28(26,27)12-14-6-8-15(9-7-14)25-11-10-21-13-25/h2-11,13H,12H2,1H3. The van der Waals surface area contributed by atoms with E-state index < -0.39 is 15.7 Å². The van der Waals surface area contributed by atoms with E-state index in [4.69, 9.17) is 0 Å². The van der Waals surface area contributed by atoms with Gasteiger partial charge in [0.1, 0.15) is 5.82 Å². The molecule has 2 aromatic heterocycles. The van der Waals surface area contributed by atoms with Gasteiger partial charge in [0.15, 0.2) is 5.82 Å². The van der Waals surface area contributed by atoms with Crippen molar-refractivity contribution in [3.05, 3.63) is 78.6 Å². The summed E-state index contributed by atoms with van der Waals surface area (Å²) in [5.74, 6) is -0.565. The van der Waals surface area contributed by atoms with Crippen molar-refractivity contribution in [3.63, 3.8) is 0 Å². The predicted molar refractivity (Wildman–Crippen MR) is 101 cm³/mol. The van der Waals surface area contributed by atoms with E-state index in [2.05, 4.69) is 15.2 Å². The van der Waals surface area contributed by atoms with Gasteiger partial charge in [0.25, 0.3) is 0 Å². The second-order valence-corrected chi connectivity index (χ2v) is 8.12. The summed E-state index contributed by atoms with van der Waals surface area (Å²) < 4.78 is 42.8. The van der Waals surface area contributed by atoms with Crippen LogP contribution in [-0.4, -0.2) is 32.7 Å². The number of hydrogen-bond acceptors (Lipinski definition) is 5. The average molecular weight is 397 g/mol. The van der Waals surface area contributed by atoms with Gasteiger partial charge < -0.3 is 9.13 Å². The summed E-state index contributed by atoms with van der Waals surface area (Å²) in [5, 5.41) is 7.49. The zero-order valence-electron chi connectivity index (χ0n) is 14.9. The Hall–Kier alpha value is -3.33. The molecule has 7 nitrogen and oxygen atoms in total. The van der Waals surface area contributed by atoms with Crippen LogP contribution in [0.3, 0.4) is 0 Å². The molecule has 0 saturated heterocycles. The van der Waals surface area contributed by atoms with Crippen molar-refractivity contribution in [2.45, 2.75) is 10.9 Å². The maximum atomic E-state index is 14.0. The molecule has 0 unspecified atom stereocenters. The largest absolute Gasteiger partial charge is 0.306 e. The molecule has 0 aliphatic rings. The van der Waals surface area contributed by atoms with E-state index in [9.17, 15) is 12.8 Å². The minimum absolute atomic E-state index is 0.159. The molecule has 0 amide bonds. The van der Waals surface area contributed by atoms with Crippen LogP contribution < -0.4 is 0 Å². The molecule has 0 aliphatic carbocycles. The van der Waals surface area contributed by atoms with E-state index in [0.29, 0.717) is 5.56 Å². The first-order chi connectivity index (χ1) is 13.5. The van der Waals surface area contributed by atoms with Gasteiger partial charge in [-0.2, -0.15) is 0 Å². The van der Waals surface area contributed by atoms with Crippen LogP contribution in [0, 0.1) is 5.82 Å². The van der Waals surface area contributed by atoms with Crippen LogP contribution >= 0.6 is 0 Å². The lowest BCUT2D eigenvalue weighted by Crippen LogP contribution is -2.11. The summed E-state index contributed by atoms with van der Waals surface area (Å²) in [6.07, 6.45) is 5.13. The van der Waals surface area contributed by atoms with Crippen LogP contribution in [0.1, 0.15) is 5.56 Å². The van der Waals surface area contributed by atoms with Gasteiger partial charge in [-0.3, -0.25) is 0 Å². The Morgan fingerprint density at radius 1 is 1.04 bits per heavy atom. The van der Waals surface area contributed by atoms with Crippen molar-refractivity contribution in [3.8, 4) is 17.1 Å². The Labute approximate surface area is 161 Å². The number of benzene rings is 2. The number of aromatic nitrogens is 5. The summed E-state index contributed by atoms with van der Waals surface area (Å²) in [6, 6.07) is 13.1. The third kappa shape index (κ3) is 3.31. The summed E-state index contributed by atoms with van der Waals surface area (Å²) in [6.45, 7) is 0. The lowest BCUT2D eigenvalue weighted by atomic mass is 10.2. The number of sulfone groups is 1. The second-order valence-electron chi connectivity index (χ2n) is 6.24. The third-order valence-corrected chi connectivity index (χ3v) is 5.95. The number of hydrogen-bond donors (Lipinski definition) is 0. The predicted octanol–water partition coefficient (Wildman–Crippen LogP) is 2.78. The molecule has 0 bridgehead atoms. The topological polar surface area (TPSA) is 82.7 Å². The zero-order chi connectivity index (χ0) is 19.7. The van der Waals surface area contributed by atoms with Crippen molar-refractivity contribution in [2.75, 3.05) is 0 Å². The van der Waals surface area contributed by atoms with Gasteiger partial charge in [-0.25, -0.2) is 17.8 Å². The second kappa shape index (κ2) is 7.01. The summed E-state index contributed by atoms with van der Waals surface area (Å²) in [7, 11) is -2.25. The number of halogens is 1. The average Bonchev–Trinajstić information content (AvgIpc) is 3.33. The molecule has 2 heterocycles. The molecule has 0 fully saturated rings. The molecule has 4 aromatic rings. The van der Waals surface area contributed by atoms with Crippen molar-refractivity contribution in [1.29, 1.82) is 0 Å². The molecule has 28 heavy (non-hydrogen) atoms. The van der Waals surface area contributed by atoms with E-state index in [1.807, 2.05) is 16.7 Å². The van der Waals surface area contributed by atoms with Crippen molar-refractivity contribution in [1.82, 2.24) is 24.3 Å². The highest BCUT2D eigenvalue weighted by atomic mass is 32.2. The fourth-order valence-corrected chi connectivity index (χ4v) is 4.35. The Morgan fingerprint density at radius 3 is 2.46 bits per heavy atom. The van der Waals surface area contributed by atoms with E-state index in [0.717, 1.165) is 5.69 Å². The molecule has 0 radical (unpaired) electrons. The molecule has 0 N–H and O–H groups in total. The molecule has 142 valence electrons. The highest BCUT2D eigenvalue weighted by Gasteiger charge is 2.25. The maximum absolute atomic E-state index is 14.0. The molecule has 0 saturated carbocycles. The van der Waals surface area contributed by atoms with Crippen LogP contribution in [0.25, 0.3) is 17.1 Å². The third-order valence-electron chi connectivity index (χ3n) is 4.32. The van der Waals surface area contributed by atoms with Crippen molar-refractivity contribution >= 4 is 9.84 Å². The normalized spacial score (nSPS) is 11.6. The molecule has 0 aliphatic heterocycles. The first-order valence-corrected chi connectivity index (χ1v) is 10.1. The molecule has 2 aromatic carbocycles. The van der Waals surface area contributed by atoms with Crippen LogP contribution in [0.15, 0.2) is 72.4 Å². The van der Waals surface area contributed by atoms with Crippen molar-refractivity contribution < 1.29 is 12.8 Å². The highest BCUT2D eigenvalue weighted by molar-refractivity contribution is 7.90. The lowest BCUT2D eigenvalue weighted by Gasteiger charge is -2.07. The molecule has 0 atom stereocenters. The minimum Gasteiger partial charge on any atom is -0.306 e. The first kappa shape index (κ1) is 18.1. The van der Waals surface area contributed by atoms with Gasteiger partial charge in [0.2, 0.25) is 15.0 Å². The Bertz CT molecular complexity index is 1220. The molecule has 9 heteroatoms. The Kier molecular flexibility index (Phi) is 4.52.